The Bertz CT molecular complexity index is 333. The summed E-state index contributed by atoms with van der Waals surface area (Å²) < 4.78 is 0. The first-order chi connectivity index (χ1) is 6.81. The summed E-state index contributed by atoms with van der Waals surface area (Å²) in [4.78, 5) is 15.6. The summed E-state index contributed by atoms with van der Waals surface area (Å²) in [5.74, 6) is 1.17. The van der Waals surface area contributed by atoms with Crippen LogP contribution < -0.4 is 0 Å². The zero-order valence-electron chi connectivity index (χ0n) is 7.53. The second-order valence-corrected chi connectivity index (χ2v) is 5.60. The number of thioether (sulfide) groups is 1. The zero-order valence-corrected chi connectivity index (χ0v) is 9.92. The predicted octanol–water partition coefficient (Wildman–Crippen LogP) is 3.13. The fourth-order valence-electron chi connectivity index (χ4n) is 1.40. The lowest BCUT2D eigenvalue weighted by Crippen LogP contribution is -2.01. The van der Waals surface area contributed by atoms with Crippen molar-refractivity contribution in [2.24, 2.45) is 0 Å². The molecule has 5 heteroatoms. The highest BCUT2D eigenvalue weighted by Crippen LogP contribution is 2.40. The maximum Gasteiger partial charge on any atom is 0.196 e. The maximum atomic E-state index is 11.2. The summed E-state index contributed by atoms with van der Waals surface area (Å²) in [6.45, 7) is 0. The van der Waals surface area contributed by atoms with Crippen molar-refractivity contribution in [2.45, 2.75) is 18.1 Å². The van der Waals surface area contributed by atoms with Crippen LogP contribution in [0.3, 0.4) is 0 Å². The van der Waals surface area contributed by atoms with Crippen molar-refractivity contribution in [2.75, 3.05) is 11.6 Å². The van der Waals surface area contributed by atoms with E-state index >= 15 is 0 Å². The molecule has 0 amide bonds. The summed E-state index contributed by atoms with van der Waals surface area (Å²) in [7, 11) is 0. The van der Waals surface area contributed by atoms with Gasteiger partial charge in [-0.1, -0.05) is 0 Å². The number of carbonyl (C=O) groups excluding carboxylic acids is 1. The molecule has 1 saturated heterocycles. The minimum absolute atomic E-state index is 0.0288. The van der Waals surface area contributed by atoms with Gasteiger partial charge in [0.25, 0.3) is 0 Å². The van der Waals surface area contributed by atoms with Crippen LogP contribution in [-0.4, -0.2) is 22.4 Å². The largest absolute Gasteiger partial charge is 0.291 e. The smallest absolute Gasteiger partial charge is 0.196 e. The van der Waals surface area contributed by atoms with Gasteiger partial charge in [0.1, 0.15) is 10.7 Å². The highest BCUT2D eigenvalue weighted by atomic mass is 35.5. The van der Waals surface area contributed by atoms with Crippen molar-refractivity contribution >= 4 is 40.5 Å². The monoisotopic (exact) mass is 247 g/mol. The molecule has 0 N–H and O–H groups in total. The quantitative estimate of drug-likeness (QED) is 0.607. The van der Waals surface area contributed by atoms with E-state index in [0.29, 0.717) is 10.9 Å². The second-order valence-electron chi connectivity index (χ2n) is 3.13. The van der Waals surface area contributed by atoms with Crippen LogP contribution in [0.2, 0.25) is 0 Å². The van der Waals surface area contributed by atoms with Crippen molar-refractivity contribution in [1.29, 1.82) is 0 Å². The van der Waals surface area contributed by atoms with Gasteiger partial charge in [-0.05, 0) is 18.6 Å². The lowest BCUT2D eigenvalue weighted by atomic mass is 10.2. The molecule has 76 valence electrons. The molecule has 1 aliphatic rings. The Labute approximate surface area is 96.1 Å². The molecule has 0 aromatic carbocycles. The van der Waals surface area contributed by atoms with Gasteiger partial charge in [-0.2, -0.15) is 11.8 Å². The first kappa shape index (κ1) is 10.5. The Hall–Kier alpha value is -0.0600. The number of ketones is 1. The van der Waals surface area contributed by atoms with Crippen LogP contribution in [0, 0.1) is 0 Å². The fraction of sp³-hybridized carbons (Fsp3) is 0.556. The van der Waals surface area contributed by atoms with Gasteiger partial charge >= 0.3 is 0 Å². The third kappa shape index (κ3) is 2.12. The summed E-state index contributed by atoms with van der Waals surface area (Å²) in [6.07, 6.45) is 2.44. The molecule has 1 aliphatic heterocycles. The van der Waals surface area contributed by atoms with Crippen LogP contribution in [0.15, 0.2) is 5.38 Å². The Morgan fingerprint density at radius 3 is 3.21 bits per heavy atom. The van der Waals surface area contributed by atoms with Gasteiger partial charge in [0, 0.05) is 5.38 Å². The number of thiazole rings is 1. The fourth-order valence-corrected chi connectivity index (χ4v) is 3.90. The molecule has 1 aromatic rings. The summed E-state index contributed by atoms with van der Waals surface area (Å²) in [5.41, 5.74) is 0.535. The van der Waals surface area contributed by atoms with E-state index in [1.54, 1.807) is 11.3 Å². The number of aromatic nitrogens is 1. The third-order valence-electron chi connectivity index (χ3n) is 2.13. The highest BCUT2D eigenvalue weighted by Gasteiger charge is 2.21. The molecular weight excluding hydrogens is 238 g/mol. The van der Waals surface area contributed by atoms with Crippen LogP contribution >= 0.6 is 34.7 Å². The Kier molecular flexibility index (Phi) is 3.47. The number of hydrogen-bond acceptors (Lipinski definition) is 4. The number of carbonyl (C=O) groups is 1. The molecular formula is C9H10ClNOS2. The van der Waals surface area contributed by atoms with E-state index in [-0.39, 0.29) is 11.7 Å². The van der Waals surface area contributed by atoms with Crippen molar-refractivity contribution < 1.29 is 4.79 Å². The molecule has 0 saturated carbocycles. The molecule has 0 aliphatic carbocycles. The van der Waals surface area contributed by atoms with Gasteiger partial charge in [0.2, 0.25) is 0 Å². The van der Waals surface area contributed by atoms with Gasteiger partial charge in [-0.25, -0.2) is 4.98 Å². The SMILES string of the molecule is O=C(CCl)c1csc(C2CCCS2)n1. The van der Waals surface area contributed by atoms with Crippen LogP contribution in [0.4, 0.5) is 0 Å². The average Bonchev–Trinajstić information content (AvgIpc) is 2.86. The van der Waals surface area contributed by atoms with E-state index in [1.165, 1.54) is 18.6 Å². The van der Waals surface area contributed by atoms with Crippen molar-refractivity contribution in [3.63, 3.8) is 0 Å². The Balaban J connectivity index is 2.12. The molecule has 2 rings (SSSR count). The molecule has 0 spiro atoms. The van der Waals surface area contributed by atoms with E-state index in [1.807, 2.05) is 17.1 Å². The van der Waals surface area contributed by atoms with Crippen LogP contribution in [0.5, 0.6) is 0 Å². The molecule has 1 unspecified atom stereocenters. The minimum atomic E-state index is -0.0721. The Morgan fingerprint density at radius 2 is 2.57 bits per heavy atom. The number of hydrogen-bond donors (Lipinski definition) is 0. The summed E-state index contributed by atoms with van der Waals surface area (Å²) >= 11 is 8.98. The molecule has 2 heterocycles. The van der Waals surface area contributed by atoms with Crippen molar-refractivity contribution in [3.05, 3.63) is 16.1 Å². The highest BCUT2D eigenvalue weighted by molar-refractivity contribution is 7.99. The molecule has 2 nitrogen and oxygen atoms in total. The number of Topliss-reactive ketones (excluding diaryl/α,β-unsaturated/α-hetero) is 1. The molecule has 0 radical (unpaired) electrons. The van der Waals surface area contributed by atoms with Gasteiger partial charge in [-0.3, -0.25) is 4.79 Å². The molecule has 1 fully saturated rings. The van der Waals surface area contributed by atoms with E-state index in [9.17, 15) is 4.79 Å². The van der Waals surface area contributed by atoms with Crippen LogP contribution in [0.1, 0.15) is 33.6 Å². The number of halogens is 1. The van der Waals surface area contributed by atoms with Crippen molar-refractivity contribution in [1.82, 2.24) is 4.98 Å². The first-order valence-corrected chi connectivity index (χ1v) is 6.93. The summed E-state index contributed by atoms with van der Waals surface area (Å²) in [5, 5.41) is 3.41. The Morgan fingerprint density at radius 1 is 1.71 bits per heavy atom. The lowest BCUT2D eigenvalue weighted by Gasteiger charge is -2.01. The van der Waals surface area contributed by atoms with E-state index in [2.05, 4.69) is 4.98 Å². The number of rotatable bonds is 3. The standard InChI is InChI=1S/C9H10ClNOS2/c10-4-7(12)6-5-14-9(11-6)8-2-1-3-13-8/h5,8H,1-4H2. The predicted molar refractivity (Wildman–Crippen MR) is 61.6 cm³/mol. The van der Waals surface area contributed by atoms with E-state index in [4.69, 9.17) is 11.6 Å². The first-order valence-electron chi connectivity index (χ1n) is 4.47. The number of nitrogens with zero attached hydrogens (tertiary/aromatic N) is 1. The number of alkyl halides is 1. The zero-order chi connectivity index (χ0) is 9.97. The van der Waals surface area contributed by atoms with Gasteiger partial charge < -0.3 is 0 Å². The normalized spacial score (nSPS) is 21.4. The summed E-state index contributed by atoms with van der Waals surface area (Å²) in [6, 6.07) is 0. The van der Waals surface area contributed by atoms with Gasteiger partial charge in [-0.15, -0.1) is 22.9 Å². The third-order valence-corrected chi connectivity index (χ3v) is 4.87. The molecule has 1 atom stereocenters. The lowest BCUT2D eigenvalue weighted by molar-refractivity contribution is 0.101. The average molecular weight is 248 g/mol. The van der Waals surface area contributed by atoms with Gasteiger partial charge in [0.05, 0.1) is 11.1 Å². The molecule has 1 aromatic heterocycles. The van der Waals surface area contributed by atoms with Crippen molar-refractivity contribution in [3.8, 4) is 0 Å². The van der Waals surface area contributed by atoms with E-state index < -0.39 is 0 Å². The van der Waals surface area contributed by atoms with E-state index in [0.717, 1.165) is 5.01 Å². The van der Waals surface area contributed by atoms with Gasteiger partial charge in [0.15, 0.2) is 5.78 Å². The van der Waals surface area contributed by atoms with Crippen LogP contribution in [-0.2, 0) is 0 Å². The second kappa shape index (κ2) is 4.64. The van der Waals surface area contributed by atoms with Crippen LogP contribution in [0.25, 0.3) is 0 Å². The minimum Gasteiger partial charge on any atom is -0.291 e. The molecule has 14 heavy (non-hydrogen) atoms. The molecule has 0 bridgehead atoms. The maximum absolute atomic E-state index is 11.2. The topological polar surface area (TPSA) is 30.0 Å².